The second-order valence-electron chi connectivity index (χ2n) is 6.94. The van der Waals surface area contributed by atoms with Crippen LogP contribution in [0.3, 0.4) is 0 Å². The van der Waals surface area contributed by atoms with Crippen LogP contribution >= 0.6 is 0 Å². The molecule has 1 aromatic heterocycles. The Morgan fingerprint density at radius 2 is 1.69 bits per heavy atom. The number of fused-ring (bicyclic) bond motifs is 1. The standard InChI is InChI=1S/C22H26N2O2/c1-4-5-6-9-14-23-20-11-8-7-10-18(20)21(25)24(22(23)26)19-13-12-16(2)15-17(19)3/h7-8,10-13,15H,4-6,9,14H2,1-3H3. The smallest absolute Gasteiger partial charge is 0.293 e. The fourth-order valence-electron chi connectivity index (χ4n) is 3.50. The molecule has 0 spiro atoms. The molecular weight excluding hydrogens is 324 g/mol. The Balaban J connectivity index is 2.23. The van der Waals surface area contributed by atoms with Gasteiger partial charge in [-0.1, -0.05) is 56.0 Å². The number of hydrogen-bond acceptors (Lipinski definition) is 2. The summed E-state index contributed by atoms with van der Waals surface area (Å²) in [4.78, 5) is 26.3. The van der Waals surface area contributed by atoms with E-state index in [0.29, 0.717) is 17.6 Å². The second-order valence-corrected chi connectivity index (χ2v) is 6.94. The summed E-state index contributed by atoms with van der Waals surface area (Å²) in [6.07, 6.45) is 4.32. The zero-order valence-corrected chi connectivity index (χ0v) is 15.8. The van der Waals surface area contributed by atoms with Gasteiger partial charge in [-0.2, -0.15) is 0 Å². The fourth-order valence-corrected chi connectivity index (χ4v) is 3.50. The number of unbranched alkanes of at least 4 members (excludes halogenated alkanes) is 3. The number of rotatable bonds is 6. The van der Waals surface area contributed by atoms with Gasteiger partial charge >= 0.3 is 5.69 Å². The van der Waals surface area contributed by atoms with Crippen molar-refractivity contribution in [2.45, 2.75) is 53.0 Å². The SMILES string of the molecule is CCCCCCn1c(=O)n(-c2ccc(C)cc2C)c(=O)c2ccccc21. The molecule has 0 aliphatic rings. The van der Waals surface area contributed by atoms with E-state index in [-0.39, 0.29) is 11.2 Å². The maximum atomic E-state index is 13.2. The molecule has 0 bridgehead atoms. The van der Waals surface area contributed by atoms with Gasteiger partial charge in [0.2, 0.25) is 0 Å². The number of para-hydroxylation sites is 1. The third-order valence-electron chi connectivity index (χ3n) is 4.88. The van der Waals surface area contributed by atoms with Gasteiger partial charge in [-0.25, -0.2) is 9.36 Å². The first-order chi connectivity index (χ1) is 12.5. The Morgan fingerprint density at radius 3 is 2.42 bits per heavy atom. The highest BCUT2D eigenvalue weighted by Gasteiger charge is 2.15. The average Bonchev–Trinajstić information content (AvgIpc) is 2.63. The Bertz CT molecular complexity index is 1040. The van der Waals surface area contributed by atoms with Crippen LogP contribution in [0.1, 0.15) is 43.7 Å². The maximum absolute atomic E-state index is 13.2. The van der Waals surface area contributed by atoms with E-state index < -0.39 is 0 Å². The molecule has 0 aliphatic heterocycles. The molecule has 1 heterocycles. The molecule has 136 valence electrons. The summed E-state index contributed by atoms with van der Waals surface area (Å²) in [7, 11) is 0. The Morgan fingerprint density at radius 1 is 0.923 bits per heavy atom. The van der Waals surface area contributed by atoms with Gasteiger partial charge in [0.1, 0.15) is 0 Å². The highest BCUT2D eigenvalue weighted by Crippen LogP contribution is 2.15. The summed E-state index contributed by atoms with van der Waals surface area (Å²) in [5.41, 5.74) is 2.93. The van der Waals surface area contributed by atoms with Gasteiger partial charge in [0, 0.05) is 6.54 Å². The van der Waals surface area contributed by atoms with E-state index in [1.54, 1.807) is 10.6 Å². The van der Waals surface area contributed by atoms with Crippen LogP contribution in [0.15, 0.2) is 52.1 Å². The topological polar surface area (TPSA) is 44.0 Å². The van der Waals surface area contributed by atoms with Crippen molar-refractivity contribution in [1.82, 2.24) is 9.13 Å². The molecule has 4 nitrogen and oxygen atoms in total. The fraction of sp³-hybridized carbons (Fsp3) is 0.364. The minimum absolute atomic E-state index is 0.248. The minimum Gasteiger partial charge on any atom is -0.293 e. The van der Waals surface area contributed by atoms with Gasteiger partial charge in [-0.15, -0.1) is 0 Å². The van der Waals surface area contributed by atoms with E-state index in [1.165, 1.54) is 4.57 Å². The number of benzene rings is 2. The molecule has 0 fully saturated rings. The summed E-state index contributed by atoms with van der Waals surface area (Å²) in [6, 6.07) is 13.2. The van der Waals surface area contributed by atoms with E-state index in [2.05, 4.69) is 6.92 Å². The molecule has 26 heavy (non-hydrogen) atoms. The van der Waals surface area contributed by atoms with E-state index in [4.69, 9.17) is 0 Å². The highest BCUT2D eigenvalue weighted by atomic mass is 16.2. The average molecular weight is 350 g/mol. The van der Waals surface area contributed by atoms with E-state index in [9.17, 15) is 9.59 Å². The molecule has 0 amide bonds. The van der Waals surface area contributed by atoms with Crippen LogP contribution in [0.4, 0.5) is 0 Å². The molecule has 0 saturated heterocycles. The molecule has 4 heteroatoms. The van der Waals surface area contributed by atoms with Crippen molar-refractivity contribution in [3.63, 3.8) is 0 Å². The van der Waals surface area contributed by atoms with Gasteiger partial charge < -0.3 is 0 Å². The molecule has 0 radical (unpaired) electrons. The first-order valence-electron chi connectivity index (χ1n) is 9.37. The summed E-state index contributed by atoms with van der Waals surface area (Å²) >= 11 is 0. The third-order valence-corrected chi connectivity index (χ3v) is 4.88. The zero-order valence-electron chi connectivity index (χ0n) is 15.8. The van der Waals surface area contributed by atoms with Crippen molar-refractivity contribution < 1.29 is 0 Å². The van der Waals surface area contributed by atoms with Crippen molar-refractivity contribution in [3.8, 4) is 5.69 Å². The Kier molecular flexibility index (Phi) is 5.40. The molecular formula is C22H26N2O2. The van der Waals surface area contributed by atoms with Crippen LogP contribution in [-0.2, 0) is 6.54 Å². The molecule has 0 N–H and O–H groups in total. The van der Waals surface area contributed by atoms with Crippen LogP contribution in [0.25, 0.3) is 16.6 Å². The minimum atomic E-state index is -0.253. The number of aromatic nitrogens is 2. The van der Waals surface area contributed by atoms with Gasteiger partial charge in [0.15, 0.2) is 0 Å². The molecule has 0 atom stereocenters. The van der Waals surface area contributed by atoms with Crippen molar-refractivity contribution in [2.75, 3.05) is 0 Å². The zero-order chi connectivity index (χ0) is 18.7. The molecule has 3 rings (SSSR count). The summed E-state index contributed by atoms with van der Waals surface area (Å²) < 4.78 is 3.09. The molecule has 0 saturated carbocycles. The van der Waals surface area contributed by atoms with Crippen molar-refractivity contribution in [1.29, 1.82) is 0 Å². The lowest BCUT2D eigenvalue weighted by atomic mass is 10.1. The third kappa shape index (κ3) is 3.36. The monoisotopic (exact) mass is 350 g/mol. The van der Waals surface area contributed by atoms with Crippen LogP contribution in [0.2, 0.25) is 0 Å². The Labute approximate surface area is 153 Å². The van der Waals surface area contributed by atoms with Crippen molar-refractivity contribution in [2.24, 2.45) is 0 Å². The quantitative estimate of drug-likeness (QED) is 0.620. The largest absolute Gasteiger partial charge is 0.336 e. The van der Waals surface area contributed by atoms with E-state index in [1.807, 2.05) is 50.2 Å². The normalized spacial score (nSPS) is 11.2. The number of hydrogen-bond donors (Lipinski definition) is 0. The van der Waals surface area contributed by atoms with Gasteiger partial charge in [-0.05, 0) is 44.0 Å². The predicted octanol–water partition coefficient (Wildman–Crippen LogP) is 4.35. The maximum Gasteiger partial charge on any atom is 0.336 e. The molecule has 3 aromatic rings. The summed E-state index contributed by atoms with van der Waals surface area (Å²) in [5, 5.41) is 0.586. The van der Waals surface area contributed by atoms with Gasteiger partial charge in [0.25, 0.3) is 5.56 Å². The molecule has 0 unspecified atom stereocenters. The van der Waals surface area contributed by atoms with Crippen LogP contribution in [0, 0.1) is 13.8 Å². The summed E-state index contributed by atoms with van der Waals surface area (Å²) in [6.45, 7) is 6.74. The lowest BCUT2D eigenvalue weighted by Crippen LogP contribution is -2.39. The van der Waals surface area contributed by atoms with E-state index in [0.717, 1.165) is 42.3 Å². The van der Waals surface area contributed by atoms with Crippen molar-refractivity contribution >= 4 is 10.9 Å². The second kappa shape index (κ2) is 7.73. The van der Waals surface area contributed by atoms with E-state index >= 15 is 0 Å². The highest BCUT2D eigenvalue weighted by molar-refractivity contribution is 5.78. The first kappa shape index (κ1) is 18.2. The van der Waals surface area contributed by atoms with Crippen LogP contribution in [0.5, 0.6) is 0 Å². The summed E-state index contributed by atoms with van der Waals surface area (Å²) in [5.74, 6) is 0. The van der Waals surface area contributed by atoms with Crippen LogP contribution < -0.4 is 11.2 Å². The van der Waals surface area contributed by atoms with Crippen molar-refractivity contribution in [3.05, 3.63) is 74.4 Å². The van der Waals surface area contributed by atoms with Gasteiger partial charge in [0.05, 0.1) is 16.6 Å². The number of nitrogens with zero attached hydrogens (tertiary/aromatic N) is 2. The predicted molar refractivity (Wildman–Crippen MR) is 107 cm³/mol. The molecule has 2 aromatic carbocycles. The lowest BCUT2D eigenvalue weighted by molar-refractivity contribution is 0.565. The Hall–Kier alpha value is -2.62. The lowest BCUT2D eigenvalue weighted by Gasteiger charge is -2.15. The molecule has 0 aliphatic carbocycles. The van der Waals surface area contributed by atoms with Gasteiger partial charge in [-0.3, -0.25) is 9.36 Å². The number of aryl methyl sites for hydroxylation is 3. The first-order valence-corrected chi connectivity index (χ1v) is 9.37. The van der Waals surface area contributed by atoms with Crippen LogP contribution in [-0.4, -0.2) is 9.13 Å².